The lowest BCUT2D eigenvalue weighted by atomic mass is 10.3. The molecule has 108 valence electrons. The van der Waals surface area contributed by atoms with E-state index in [-0.39, 0.29) is 18.5 Å². The summed E-state index contributed by atoms with van der Waals surface area (Å²) in [5, 5.41) is 0.186. The second-order valence-electron chi connectivity index (χ2n) is 3.37. The van der Waals surface area contributed by atoms with Crippen molar-refractivity contribution in [2.24, 2.45) is 0 Å². The Morgan fingerprint density at radius 2 is 1.53 bits per heavy atom. The van der Waals surface area contributed by atoms with Gasteiger partial charge in [-0.1, -0.05) is 0 Å². The SMILES string of the molecule is CCOP(=O)(OCC)c1ccc(OC(F)(F)F)cc1. The molecule has 0 N–H and O–H groups in total. The number of ether oxygens (including phenoxy) is 1. The summed E-state index contributed by atoms with van der Waals surface area (Å²) >= 11 is 0. The molecule has 0 amide bonds. The molecule has 0 saturated carbocycles. The van der Waals surface area contributed by atoms with Crippen LogP contribution in [0.5, 0.6) is 5.75 Å². The van der Waals surface area contributed by atoms with Crippen LogP contribution in [0.15, 0.2) is 24.3 Å². The quantitative estimate of drug-likeness (QED) is 0.754. The molecule has 0 spiro atoms. The summed E-state index contributed by atoms with van der Waals surface area (Å²) in [5.41, 5.74) is 0. The van der Waals surface area contributed by atoms with Crippen LogP contribution in [0.1, 0.15) is 13.8 Å². The van der Waals surface area contributed by atoms with Crippen LogP contribution in [0.25, 0.3) is 0 Å². The molecule has 0 aliphatic heterocycles. The van der Waals surface area contributed by atoms with Gasteiger partial charge >= 0.3 is 14.0 Å². The lowest BCUT2D eigenvalue weighted by Gasteiger charge is -2.17. The predicted octanol–water partition coefficient (Wildman–Crippen LogP) is 3.48. The summed E-state index contributed by atoms with van der Waals surface area (Å²) < 4.78 is 62.1. The third-order valence-corrected chi connectivity index (χ3v) is 4.11. The van der Waals surface area contributed by atoms with Gasteiger partial charge in [-0.05, 0) is 38.1 Å². The highest BCUT2D eigenvalue weighted by Crippen LogP contribution is 2.46. The molecule has 1 aromatic rings. The Morgan fingerprint density at radius 3 is 1.89 bits per heavy atom. The number of benzene rings is 1. The summed E-state index contributed by atoms with van der Waals surface area (Å²) in [6.07, 6.45) is -4.76. The second-order valence-corrected chi connectivity index (χ2v) is 5.40. The van der Waals surface area contributed by atoms with E-state index >= 15 is 0 Å². The van der Waals surface area contributed by atoms with E-state index in [2.05, 4.69) is 4.74 Å². The third kappa shape index (κ3) is 4.86. The Balaban J connectivity index is 2.93. The molecular formula is C11H14F3O4P. The highest BCUT2D eigenvalue weighted by molar-refractivity contribution is 7.62. The standard InChI is InChI=1S/C11H14F3O4P/c1-3-16-19(15,17-4-2)10-7-5-9(6-8-10)18-11(12,13)14/h5-8H,3-4H2,1-2H3. The maximum Gasteiger partial charge on any atom is 0.573 e. The average molecular weight is 298 g/mol. The van der Waals surface area contributed by atoms with Gasteiger partial charge in [0.1, 0.15) is 5.75 Å². The first-order chi connectivity index (χ1) is 8.80. The molecule has 0 heterocycles. The van der Waals surface area contributed by atoms with Gasteiger partial charge in [0.25, 0.3) is 0 Å². The Morgan fingerprint density at radius 1 is 1.05 bits per heavy atom. The molecule has 0 atom stereocenters. The van der Waals surface area contributed by atoms with E-state index < -0.39 is 19.7 Å². The summed E-state index contributed by atoms with van der Waals surface area (Å²) in [6, 6.07) is 4.58. The van der Waals surface area contributed by atoms with Crippen molar-refractivity contribution in [2.75, 3.05) is 13.2 Å². The average Bonchev–Trinajstić information content (AvgIpc) is 2.28. The van der Waals surface area contributed by atoms with E-state index in [0.29, 0.717) is 0 Å². The molecule has 0 unspecified atom stereocenters. The van der Waals surface area contributed by atoms with Gasteiger partial charge in [0.05, 0.1) is 18.5 Å². The molecule has 19 heavy (non-hydrogen) atoms. The molecule has 0 aliphatic carbocycles. The van der Waals surface area contributed by atoms with Gasteiger partial charge < -0.3 is 13.8 Å². The maximum absolute atomic E-state index is 12.3. The number of hydrogen-bond donors (Lipinski definition) is 0. The fraction of sp³-hybridized carbons (Fsp3) is 0.455. The Hall–Kier alpha value is -1.04. The number of alkyl halides is 3. The minimum atomic E-state index is -4.76. The molecule has 0 saturated heterocycles. The normalized spacial score (nSPS) is 12.5. The molecule has 1 rings (SSSR count). The first-order valence-electron chi connectivity index (χ1n) is 5.56. The fourth-order valence-corrected chi connectivity index (χ4v) is 2.92. The van der Waals surface area contributed by atoms with Gasteiger partial charge in [0.15, 0.2) is 0 Å². The molecule has 0 bridgehead atoms. The van der Waals surface area contributed by atoms with Crippen LogP contribution < -0.4 is 10.0 Å². The van der Waals surface area contributed by atoms with Crippen molar-refractivity contribution in [3.05, 3.63) is 24.3 Å². The third-order valence-electron chi connectivity index (χ3n) is 1.98. The van der Waals surface area contributed by atoms with E-state index in [1.54, 1.807) is 13.8 Å². The van der Waals surface area contributed by atoms with Crippen LogP contribution in [0.3, 0.4) is 0 Å². The number of hydrogen-bond acceptors (Lipinski definition) is 4. The Labute approximate surface area is 109 Å². The summed E-state index contributed by atoms with van der Waals surface area (Å²) in [4.78, 5) is 0. The smallest absolute Gasteiger partial charge is 0.406 e. The van der Waals surface area contributed by atoms with Crippen molar-refractivity contribution in [3.63, 3.8) is 0 Å². The minimum Gasteiger partial charge on any atom is -0.406 e. The van der Waals surface area contributed by atoms with Crippen molar-refractivity contribution in [1.82, 2.24) is 0 Å². The minimum absolute atomic E-state index is 0.165. The summed E-state index contributed by atoms with van der Waals surface area (Å²) in [7, 11) is -3.48. The van der Waals surface area contributed by atoms with Gasteiger partial charge in [-0.25, -0.2) is 0 Å². The van der Waals surface area contributed by atoms with Crippen molar-refractivity contribution in [1.29, 1.82) is 0 Å². The van der Waals surface area contributed by atoms with Crippen molar-refractivity contribution < 1.29 is 31.5 Å². The lowest BCUT2D eigenvalue weighted by Crippen LogP contribution is -2.17. The van der Waals surface area contributed by atoms with Crippen LogP contribution in [-0.2, 0) is 13.6 Å². The molecule has 4 nitrogen and oxygen atoms in total. The highest BCUT2D eigenvalue weighted by atomic mass is 31.2. The maximum atomic E-state index is 12.3. The van der Waals surface area contributed by atoms with Gasteiger partial charge in [-0.15, -0.1) is 13.2 Å². The predicted molar refractivity (Wildman–Crippen MR) is 63.6 cm³/mol. The molecule has 8 heteroatoms. The first kappa shape index (κ1) is 16.0. The highest BCUT2D eigenvalue weighted by Gasteiger charge is 2.32. The van der Waals surface area contributed by atoms with Crippen LogP contribution in [0, 0.1) is 0 Å². The molecule has 0 fully saturated rings. The van der Waals surface area contributed by atoms with Crippen LogP contribution in [0.2, 0.25) is 0 Å². The van der Waals surface area contributed by atoms with E-state index in [0.717, 1.165) is 12.1 Å². The summed E-state index contributed by atoms with van der Waals surface area (Å²) in [6.45, 7) is 3.62. The second kappa shape index (κ2) is 6.41. The van der Waals surface area contributed by atoms with Gasteiger partial charge in [-0.3, -0.25) is 4.57 Å². The van der Waals surface area contributed by atoms with Crippen LogP contribution in [0.4, 0.5) is 13.2 Å². The number of halogens is 3. The Bertz CT molecular complexity index is 434. The number of rotatable bonds is 6. The van der Waals surface area contributed by atoms with Crippen LogP contribution in [-0.4, -0.2) is 19.6 Å². The topological polar surface area (TPSA) is 44.8 Å². The van der Waals surface area contributed by atoms with Gasteiger partial charge in [0.2, 0.25) is 0 Å². The molecule has 0 aromatic heterocycles. The monoisotopic (exact) mass is 298 g/mol. The molecular weight excluding hydrogens is 284 g/mol. The molecule has 0 aliphatic rings. The Kier molecular flexibility index (Phi) is 5.40. The van der Waals surface area contributed by atoms with Crippen molar-refractivity contribution in [2.45, 2.75) is 20.2 Å². The summed E-state index contributed by atoms with van der Waals surface area (Å²) in [5.74, 6) is -0.393. The zero-order valence-electron chi connectivity index (χ0n) is 10.4. The largest absolute Gasteiger partial charge is 0.573 e. The van der Waals surface area contributed by atoms with E-state index in [1.165, 1.54) is 12.1 Å². The van der Waals surface area contributed by atoms with Gasteiger partial charge in [-0.2, -0.15) is 0 Å². The zero-order valence-corrected chi connectivity index (χ0v) is 11.3. The fourth-order valence-electron chi connectivity index (χ4n) is 1.36. The van der Waals surface area contributed by atoms with E-state index in [9.17, 15) is 17.7 Å². The molecule has 1 aromatic carbocycles. The lowest BCUT2D eigenvalue weighted by molar-refractivity contribution is -0.274. The van der Waals surface area contributed by atoms with Crippen LogP contribution >= 0.6 is 7.60 Å². The van der Waals surface area contributed by atoms with Crippen molar-refractivity contribution >= 4 is 12.9 Å². The van der Waals surface area contributed by atoms with Gasteiger partial charge in [0, 0.05) is 0 Å². The zero-order chi connectivity index (χ0) is 14.5. The first-order valence-corrected chi connectivity index (χ1v) is 7.10. The van der Waals surface area contributed by atoms with Crippen molar-refractivity contribution in [3.8, 4) is 5.75 Å². The van der Waals surface area contributed by atoms with E-state index in [4.69, 9.17) is 9.05 Å². The molecule has 0 radical (unpaired) electrons. The van der Waals surface area contributed by atoms with E-state index in [1.807, 2.05) is 0 Å².